The van der Waals surface area contributed by atoms with Gasteiger partial charge < -0.3 is 15.1 Å². The minimum Gasteiger partial charge on any atom is -0.368 e. The molecule has 0 radical (unpaired) electrons. The zero-order valence-electron chi connectivity index (χ0n) is 12.1. The van der Waals surface area contributed by atoms with Gasteiger partial charge in [0.1, 0.15) is 5.82 Å². The molecule has 0 bridgehead atoms. The fraction of sp³-hybridized carbons (Fsp3) is 0.533. The van der Waals surface area contributed by atoms with Gasteiger partial charge >= 0.3 is 0 Å². The summed E-state index contributed by atoms with van der Waals surface area (Å²) in [6.45, 7) is 7.91. The molecule has 0 spiro atoms. The van der Waals surface area contributed by atoms with Gasteiger partial charge in [-0.15, -0.1) is 0 Å². The third kappa shape index (κ3) is 3.82. The zero-order valence-corrected chi connectivity index (χ0v) is 12.9. The van der Waals surface area contributed by atoms with Crippen molar-refractivity contribution in [3.63, 3.8) is 0 Å². The van der Waals surface area contributed by atoms with Crippen molar-refractivity contribution in [1.82, 2.24) is 10.2 Å². The molecule has 3 nitrogen and oxygen atoms in total. The number of nitrogens with one attached hydrogen (secondary N) is 1. The number of hydrogen-bond acceptors (Lipinski definition) is 2. The maximum Gasteiger partial charge on any atom is 0.169 e. The van der Waals surface area contributed by atoms with Crippen molar-refractivity contribution in [1.29, 1.82) is 0 Å². The Morgan fingerprint density at radius 1 is 1.25 bits per heavy atom. The third-order valence-corrected chi connectivity index (χ3v) is 4.12. The second-order valence-corrected chi connectivity index (χ2v) is 5.60. The summed E-state index contributed by atoms with van der Waals surface area (Å²) in [5.41, 5.74) is 1.08. The van der Waals surface area contributed by atoms with E-state index in [0.29, 0.717) is 6.04 Å². The highest BCUT2D eigenvalue weighted by Crippen LogP contribution is 2.17. The minimum atomic E-state index is -0.189. The van der Waals surface area contributed by atoms with Crippen LogP contribution in [0.5, 0.6) is 0 Å². The van der Waals surface area contributed by atoms with E-state index in [1.165, 1.54) is 12.1 Å². The lowest BCUT2D eigenvalue weighted by Gasteiger charge is -2.38. The van der Waals surface area contributed by atoms with Crippen LogP contribution in [0.1, 0.15) is 20.3 Å². The van der Waals surface area contributed by atoms with Crippen LogP contribution in [0.4, 0.5) is 10.1 Å². The predicted octanol–water partition coefficient (Wildman–Crippen LogP) is 2.62. The first-order valence-corrected chi connectivity index (χ1v) is 7.57. The summed E-state index contributed by atoms with van der Waals surface area (Å²) < 4.78 is 12.9. The number of halogens is 1. The van der Waals surface area contributed by atoms with Crippen molar-refractivity contribution in [2.75, 3.05) is 31.1 Å². The van der Waals surface area contributed by atoms with E-state index in [1.807, 2.05) is 12.1 Å². The molecule has 0 saturated carbocycles. The Hall–Kier alpha value is -1.36. The summed E-state index contributed by atoms with van der Waals surface area (Å²) in [4.78, 5) is 4.48. The van der Waals surface area contributed by atoms with Crippen LogP contribution < -0.4 is 10.2 Å². The lowest BCUT2D eigenvalue weighted by Crippen LogP contribution is -2.53. The van der Waals surface area contributed by atoms with Crippen molar-refractivity contribution in [2.24, 2.45) is 0 Å². The van der Waals surface area contributed by atoms with Gasteiger partial charge in [-0.05, 0) is 49.8 Å². The van der Waals surface area contributed by atoms with Gasteiger partial charge in [-0.25, -0.2) is 4.39 Å². The fourth-order valence-electron chi connectivity index (χ4n) is 2.22. The fourth-order valence-corrected chi connectivity index (χ4v) is 2.61. The first-order chi connectivity index (χ1) is 9.60. The largest absolute Gasteiger partial charge is 0.368 e. The van der Waals surface area contributed by atoms with Gasteiger partial charge in [0.05, 0.1) is 0 Å². The number of rotatable bonds is 3. The summed E-state index contributed by atoms with van der Waals surface area (Å²) in [5.74, 6) is -0.189. The number of piperazine rings is 1. The van der Waals surface area contributed by atoms with Crippen molar-refractivity contribution in [2.45, 2.75) is 26.3 Å². The van der Waals surface area contributed by atoms with E-state index in [1.54, 1.807) is 0 Å². The number of hydrogen-bond donors (Lipinski definition) is 1. The summed E-state index contributed by atoms with van der Waals surface area (Å²) in [6, 6.07) is 7.10. The number of nitrogens with zero attached hydrogens (tertiary/aromatic N) is 2. The Morgan fingerprint density at radius 3 is 2.40 bits per heavy atom. The average Bonchev–Trinajstić information content (AvgIpc) is 2.48. The van der Waals surface area contributed by atoms with Gasteiger partial charge in [-0.1, -0.05) is 6.92 Å². The van der Waals surface area contributed by atoms with Crippen LogP contribution in [0.15, 0.2) is 24.3 Å². The van der Waals surface area contributed by atoms with Gasteiger partial charge in [0, 0.05) is 37.9 Å². The molecule has 1 N–H and O–H groups in total. The number of thiocarbonyl (C=S) groups is 1. The van der Waals surface area contributed by atoms with Gasteiger partial charge in [0.15, 0.2) is 5.11 Å². The normalized spacial score (nSPS) is 16.9. The Bertz CT molecular complexity index is 441. The molecule has 1 unspecified atom stereocenters. The molecule has 1 aromatic rings. The molecule has 1 saturated heterocycles. The van der Waals surface area contributed by atoms with Crippen LogP contribution in [0, 0.1) is 5.82 Å². The highest BCUT2D eigenvalue weighted by molar-refractivity contribution is 7.80. The molecule has 0 aromatic heterocycles. The average molecular weight is 295 g/mol. The van der Waals surface area contributed by atoms with Crippen molar-refractivity contribution in [3.8, 4) is 0 Å². The summed E-state index contributed by atoms with van der Waals surface area (Å²) in [6.07, 6.45) is 1.07. The van der Waals surface area contributed by atoms with E-state index >= 15 is 0 Å². The van der Waals surface area contributed by atoms with E-state index in [-0.39, 0.29) is 5.82 Å². The lowest BCUT2D eigenvalue weighted by molar-refractivity contribution is 0.375. The minimum absolute atomic E-state index is 0.189. The molecule has 110 valence electrons. The molecule has 1 aliphatic rings. The Morgan fingerprint density at radius 2 is 1.85 bits per heavy atom. The third-order valence-electron chi connectivity index (χ3n) is 3.74. The number of benzene rings is 1. The van der Waals surface area contributed by atoms with Crippen LogP contribution in [-0.2, 0) is 0 Å². The van der Waals surface area contributed by atoms with E-state index in [4.69, 9.17) is 12.2 Å². The molecule has 0 aliphatic carbocycles. The van der Waals surface area contributed by atoms with Crippen molar-refractivity contribution >= 4 is 23.0 Å². The molecule has 1 aromatic carbocycles. The van der Waals surface area contributed by atoms with E-state index in [9.17, 15) is 4.39 Å². The molecule has 2 rings (SSSR count). The van der Waals surface area contributed by atoms with Gasteiger partial charge in [-0.3, -0.25) is 0 Å². The molecule has 0 amide bonds. The smallest absolute Gasteiger partial charge is 0.169 e. The summed E-state index contributed by atoms with van der Waals surface area (Å²) >= 11 is 5.44. The molecule has 1 aliphatic heterocycles. The van der Waals surface area contributed by atoms with Crippen molar-refractivity contribution in [3.05, 3.63) is 30.1 Å². The van der Waals surface area contributed by atoms with Crippen LogP contribution in [0.3, 0.4) is 0 Å². The molecule has 1 heterocycles. The number of anilines is 1. The second kappa shape index (κ2) is 6.88. The molecular formula is C15H22FN3S. The first kappa shape index (κ1) is 15.0. The lowest BCUT2D eigenvalue weighted by atomic mass is 10.2. The van der Waals surface area contributed by atoms with E-state index in [0.717, 1.165) is 43.4 Å². The standard InChI is InChI=1S/C15H22FN3S/c1-3-12(2)17-15(20)19-10-8-18(9-11-19)14-6-4-13(16)5-7-14/h4-7,12H,3,8-11H2,1-2H3,(H,17,20). The van der Waals surface area contributed by atoms with Gasteiger partial charge in [0.2, 0.25) is 0 Å². The Labute approximate surface area is 125 Å². The topological polar surface area (TPSA) is 18.5 Å². The molecule has 5 heteroatoms. The SMILES string of the molecule is CCC(C)NC(=S)N1CCN(c2ccc(F)cc2)CC1. The maximum atomic E-state index is 12.9. The van der Waals surface area contributed by atoms with Crippen LogP contribution >= 0.6 is 12.2 Å². The van der Waals surface area contributed by atoms with Gasteiger partial charge in [-0.2, -0.15) is 0 Å². The Kier molecular flexibility index (Phi) is 5.17. The zero-order chi connectivity index (χ0) is 14.5. The van der Waals surface area contributed by atoms with Crippen molar-refractivity contribution < 1.29 is 4.39 Å². The summed E-state index contributed by atoms with van der Waals surface area (Å²) in [5, 5.41) is 4.20. The Balaban J connectivity index is 1.86. The summed E-state index contributed by atoms with van der Waals surface area (Å²) in [7, 11) is 0. The highest BCUT2D eigenvalue weighted by atomic mass is 32.1. The van der Waals surface area contributed by atoms with E-state index < -0.39 is 0 Å². The van der Waals surface area contributed by atoms with E-state index in [2.05, 4.69) is 29.0 Å². The quantitative estimate of drug-likeness (QED) is 0.864. The molecule has 20 heavy (non-hydrogen) atoms. The maximum absolute atomic E-state index is 12.9. The second-order valence-electron chi connectivity index (χ2n) is 5.21. The van der Waals surface area contributed by atoms with Gasteiger partial charge in [0.25, 0.3) is 0 Å². The van der Waals surface area contributed by atoms with Crippen LogP contribution in [-0.4, -0.2) is 42.2 Å². The first-order valence-electron chi connectivity index (χ1n) is 7.16. The monoisotopic (exact) mass is 295 g/mol. The highest BCUT2D eigenvalue weighted by Gasteiger charge is 2.19. The van der Waals surface area contributed by atoms with Crippen LogP contribution in [0.25, 0.3) is 0 Å². The van der Waals surface area contributed by atoms with Crippen LogP contribution in [0.2, 0.25) is 0 Å². The molecule has 1 fully saturated rings. The molecular weight excluding hydrogens is 273 g/mol. The predicted molar refractivity (Wildman–Crippen MR) is 85.7 cm³/mol. The molecule has 1 atom stereocenters.